The number of nitrogens with zero attached hydrogens (tertiary/aromatic N) is 3. The first kappa shape index (κ1) is 14.3. The molecule has 0 aromatic carbocycles. The van der Waals surface area contributed by atoms with Crippen molar-refractivity contribution in [3.8, 4) is 0 Å². The van der Waals surface area contributed by atoms with Crippen LogP contribution in [0.4, 0.5) is 0 Å². The van der Waals surface area contributed by atoms with Crippen molar-refractivity contribution in [1.29, 1.82) is 0 Å². The number of hydrogen-bond acceptors (Lipinski definition) is 3. The Morgan fingerprint density at radius 2 is 1.76 bits per heavy atom. The fourth-order valence-electron chi connectivity index (χ4n) is 2.26. The molecule has 0 N–H and O–H groups in total. The molecule has 0 amide bonds. The molecule has 1 atom stereocenters. The first-order chi connectivity index (χ1) is 7.70. The molecule has 0 aliphatic carbocycles. The van der Waals surface area contributed by atoms with Crippen LogP contribution in [0.3, 0.4) is 0 Å². The summed E-state index contributed by atoms with van der Waals surface area (Å²) < 4.78 is 0. The predicted octanol–water partition coefficient (Wildman–Crippen LogP) is 3.37. The van der Waals surface area contributed by atoms with Gasteiger partial charge in [-0.1, -0.05) is 34.6 Å². The average molecular weight is 239 g/mol. The van der Waals surface area contributed by atoms with Crippen molar-refractivity contribution in [2.45, 2.75) is 67.1 Å². The third-order valence-corrected chi connectivity index (χ3v) is 2.92. The van der Waals surface area contributed by atoms with Crippen LogP contribution in [0, 0.1) is 11.3 Å². The first-order valence-corrected chi connectivity index (χ1v) is 6.79. The Morgan fingerprint density at radius 3 is 2.18 bits per heavy atom. The molecule has 1 aliphatic heterocycles. The van der Waals surface area contributed by atoms with Crippen molar-refractivity contribution < 1.29 is 0 Å². The van der Waals surface area contributed by atoms with Crippen LogP contribution in [-0.4, -0.2) is 35.0 Å². The highest BCUT2D eigenvalue weighted by Crippen LogP contribution is 2.29. The molecule has 17 heavy (non-hydrogen) atoms. The average Bonchev–Trinajstić information content (AvgIpc) is 2.45. The van der Waals surface area contributed by atoms with Gasteiger partial charge in [0.1, 0.15) is 12.5 Å². The zero-order valence-corrected chi connectivity index (χ0v) is 12.6. The second kappa shape index (κ2) is 5.28. The zero-order chi connectivity index (χ0) is 13.2. The molecule has 0 aromatic rings. The van der Waals surface area contributed by atoms with E-state index in [4.69, 9.17) is 0 Å². The largest absolute Gasteiger partial charge is 0.339 e. The summed E-state index contributed by atoms with van der Waals surface area (Å²) in [7, 11) is 0. The van der Waals surface area contributed by atoms with E-state index < -0.39 is 0 Å². The fourth-order valence-corrected chi connectivity index (χ4v) is 2.26. The van der Waals surface area contributed by atoms with E-state index in [1.54, 1.807) is 0 Å². The van der Waals surface area contributed by atoms with E-state index >= 15 is 0 Å². The normalized spacial score (nSPS) is 21.1. The van der Waals surface area contributed by atoms with Crippen LogP contribution < -0.4 is 0 Å². The molecule has 1 heterocycles. The molecule has 0 spiro atoms. The molecule has 3 heteroatoms. The predicted molar refractivity (Wildman–Crippen MR) is 74.9 cm³/mol. The molecule has 0 bridgehead atoms. The lowest BCUT2D eigenvalue weighted by Crippen LogP contribution is -2.45. The lowest BCUT2D eigenvalue weighted by atomic mass is 9.90. The Hall–Kier alpha value is -0.730. The lowest BCUT2D eigenvalue weighted by molar-refractivity contribution is 0.0597. The smallest absolute Gasteiger partial charge is 0.119 e. The molecular formula is C14H29N3. The minimum atomic E-state index is 0.334. The Balaban J connectivity index is 2.75. The zero-order valence-electron chi connectivity index (χ0n) is 12.6. The second-order valence-electron chi connectivity index (χ2n) is 7.04. The summed E-state index contributed by atoms with van der Waals surface area (Å²) in [4.78, 5) is 2.40. The van der Waals surface area contributed by atoms with Gasteiger partial charge < -0.3 is 4.90 Å². The highest BCUT2D eigenvalue weighted by molar-refractivity contribution is 5.57. The Labute approximate surface area is 107 Å². The van der Waals surface area contributed by atoms with Crippen molar-refractivity contribution in [3.63, 3.8) is 0 Å². The van der Waals surface area contributed by atoms with Crippen LogP contribution in [0.25, 0.3) is 0 Å². The van der Waals surface area contributed by atoms with Crippen LogP contribution in [0.15, 0.2) is 5.10 Å². The standard InChI is InChI=1S/C14H29N3/c1-11(2)9-16-10-15-17(12(3)4)13(16)8-14(5,6)7/h10-13H,8-9H2,1-7H3. The van der Waals surface area contributed by atoms with Crippen LogP contribution in [-0.2, 0) is 0 Å². The van der Waals surface area contributed by atoms with Crippen LogP contribution >= 0.6 is 0 Å². The van der Waals surface area contributed by atoms with Gasteiger partial charge in [-0.2, -0.15) is 5.10 Å². The minimum absolute atomic E-state index is 0.334. The summed E-state index contributed by atoms with van der Waals surface area (Å²) in [5.41, 5.74) is 0.334. The SMILES string of the molecule is CC(C)CN1C=NN(C(C)C)C1CC(C)(C)C. The molecule has 0 aromatic heterocycles. The third kappa shape index (κ3) is 4.21. The molecule has 1 aliphatic rings. The summed E-state index contributed by atoms with van der Waals surface area (Å²) in [5, 5.41) is 6.81. The first-order valence-electron chi connectivity index (χ1n) is 6.79. The summed E-state index contributed by atoms with van der Waals surface area (Å²) >= 11 is 0. The molecule has 0 saturated heterocycles. The topological polar surface area (TPSA) is 18.8 Å². The highest BCUT2D eigenvalue weighted by Gasteiger charge is 2.33. The molecule has 0 fully saturated rings. The Bertz CT molecular complexity index is 263. The van der Waals surface area contributed by atoms with E-state index in [1.165, 1.54) is 0 Å². The van der Waals surface area contributed by atoms with Gasteiger partial charge in [0.15, 0.2) is 0 Å². The van der Waals surface area contributed by atoms with Gasteiger partial charge >= 0.3 is 0 Å². The van der Waals surface area contributed by atoms with Crippen LogP contribution in [0.1, 0.15) is 54.9 Å². The highest BCUT2D eigenvalue weighted by atomic mass is 15.6. The maximum absolute atomic E-state index is 4.57. The van der Waals surface area contributed by atoms with E-state index in [1.807, 2.05) is 6.34 Å². The molecule has 3 nitrogen and oxygen atoms in total. The van der Waals surface area contributed by atoms with Gasteiger partial charge in [-0.3, -0.25) is 5.01 Å². The quantitative estimate of drug-likeness (QED) is 0.749. The van der Waals surface area contributed by atoms with E-state index in [9.17, 15) is 0 Å². The van der Waals surface area contributed by atoms with Crippen molar-refractivity contribution in [2.24, 2.45) is 16.4 Å². The van der Waals surface area contributed by atoms with Crippen molar-refractivity contribution >= 4 is 6.34 Å². The van der Waals surface area contributed by atoms with E-state index in [0.717, 1.165) is 13.0 Å². The van der Waals surface area contributed by atoms with Gasteiger partial charge in [-0.15, -0.1) is 0 Å². The molecule has 1 unspecified atom stereocenters. The van der Waals surface area contributed by atoms with Gasteiger partial charge in [0.25, 0.3) is 0 Å². The fraction of sp³-hybridized carbons (Fsp3) is 0.929. The summed E-state index contributed by atoms with van der Waals surface area (Å²) in [6.45, 7) is 17.0. The van der Waals surface area contributed by atoms with Gasteiger partial charge in [-0.05, 0) is 31.6 Å². The van der Waals surface area contributed by atoms with Crippen molar-refractivity contribution in [1.82, 2.24) is 9.91 Å². The minimum Gasteiger partial charge on any atom is -0.339 e. The molecule has 0 saturated carbocycles. The van der Waals surface area contributed by atoms with Gasteiger partial charge in [0.05, 0.1) is 0 Å². The van der Waals surface area contributed by atoms with E-state index in [0.29, 0.717) is 23.5 Å². The second-order valence-corrected chi connectivity index (χ2v) is 7.04. The van der Waals surface area contributed by atoms with Crippen LogP contribution in [0.5, 0.6) is 0 Å². The monoisotopic (exact) mass is 239 g/mol. The van der Waals surface area contributed by atoms with Gasteiger partial charge in [0.2, 0.25) is 0 Å². The third-order valence-electron chi connectivity index (χ3n) is 2.92. The van der Waals surface area contributed by atoms with Crippen molar-refractivity contribution in [2.75, 3.05) is 6.54 Å². The van der Waals surface area contributed by atoms with Crippen molar-refractivity contribution in [3.05, 3.63) is 0 Å². The summed E-state index contributed by atoms with van der Waals surface area (Å²) in [6, 6.07) is 0.468. The number of hydrazone groups is 1. The van der Waals surface area contributed by atoms with Gasteiger partial charge in [0, 0.05) is 12.6 Å². The summed E-state index contributed by atoms with van der Waals surface area (Å²) in [6.07, 6.45) is 3.60. The molecule has 100 valence electrons. The van der Waals surface area contributed by atoms with Gasteiger partial charge in [-0.25, -0.2) is 0 Å². The Morgan fingerprint density at radius 1 is 1.18 bits per heavy atom. The van der Waals surface area contributed by atoms with Crippen LogP contribution in [0.2, 0.25) is 0 Å². The number of hydrogen-bond donors (Lipinski definition) is 0. The molecule has 1 rings (SSSR count). The lowest BCUT2D eigenvalue weighted by Gasteiger charge is -2.37. The Kier molecular flexibility index (Phi) is 4.45. The summed E-state index contributed by atoms with van der Waals surface area (Å²) in [5.74, 6) is 0.677. The molecule has 0 radical (unpaired) electrons. The van der Waals surface area contributed by atoms with E-state index in [2.05, 4.69) is 63.5 Å². The van der Waals surface area contributed by atoms with E-state index in [-0.39, 0.29) is 0 Å². The maximum Gasteiger partial charge on any atom is 0.119 e. The molecular weight excluding hydrogens is 210 g/mol. The number of rotatable bonds is 4. The maximum atomic E-state index is 4.57.